The molecule has 0 heterocycles. The summed E-state index contributed by atoms with van der Waals surface area (Å²) in [5.74, 6) is 0.527. The highest BCUT2D eigenvalue weighted by Crippen LogP contribution is 2.32. The Balaban J connectivity index is 2.30. The molecule has 20 heavy (non-hydrogen) atoms. The Bertz CT molecular complexity index is 564. The van der Waals surface area contributed by atoms with Gasteiger partial charge in [0.15, 0.2) is 0 Å². The molecular formula is C15H23NO3S. The maximum absolute atomic E-state index is 12.7. The number of nitrogens with zero attached hydrogens (tertiary/aromatic N) is 1. The minimum atomic E-state index is -3.45. The number of sulfonamides is 1. The van der Waals surface area contributed by atoms with Crippen molar-refractivity contribution in [2.45, 2.75) is 44.6 Å². The summed E-state index contributed by atoms with van der Waals surface area (Å²) in [5.41, 5.74) is 1.59. The van der Waals surface area contributed by atoms with E-state index in [1.807, 2.05) is 13.8 Å². The fraction of sp³-hybridized carbons (Fsp3) is 0.600. The van der Waals surface area contributed by atoms with E-state index < -0.39 is 10.0 Å². The lowest BCUT2D eigenvalue weighted by molar-refractivity contribution is 0.280. The molecule has 0 radical (unpaired) electrons. The third-order valence-corrected chi connectivity index (χ3v) is 5.62. The average molecular weight is 297 g/mol. The lowest BCUT2D eigenvalue weighted by atomic mass is 10.1. The standard InChI is InChI=1S/C15H23NO3S/c1-3-8-16(10-13-5-6-13)20(18,19)15-7-4-12(2)14(9-15)11-17/h4,7,9,13,17H,3,5-6,8,10-11H2,1-2H3. The molecule has 1 saturated carbocycles. The lowest BCUT2D eigenvalue weighted by Gasteiger charge is -2.22. The van der Waals surface area contributed by atoms with Crippen molar-refractivity contribution in [2.75, 3.05) is 13.1 Å². The summed E-state index contributed by atoms with van der Waals surface area (Å²) in [6.45, 7) is 4.91. The van der Waals surface area contributed by atoms with Gasteiger partial charge in [-0.25, -0.2) is 8.42 Å². The van der Waals surface area contributed by atoms with Crippen LogP contribution in [0.5, 0.6) is 0 Å². The van der Waals surface area contributed by atoms with Gasteiger partial charge in [0, 0.05) is 13.1 Å². The smallest absolute Gasteiger partial charge is 0.243 e. The minimum absolute atomic E-state index is 0.133. The van der Waals surface area contributed by atoms with Crippen LogP contribution in [-0.4, -0.2) is 30.9 Å². The van der Waals surface area contributed by atoms with Crippen LogP contribution < -0.4 is 0 Å². The molecule has 1 aromatic carbocycles. The molecule has 0 unspecified atom stereocenters. The van der Waals surface area contributed by atoms with Crippen LogP contribution in [0.2, 0.25) is 0 Å². The maximum Gasteiger partial charge on any atom is 0.243 e. The van der Waals surface area contributed by atoms with E-state index in [9.17, 15) is 13.5 Å². The Labute approximate surface area is 121 Å². The Morgan fingerprint density at radius 2 is 2.05 bits per heavy atom. The Morgan fingerprint density at radius 1 is 1.35 bits per heavy atom. The molecule has 1 aliphatic carbocycles. The van der Waals surface area contributed by atoms with Crippen LogP contribution in [0, 0.1) is 12.8 Å². The number of rotatable bonds is 7. The molecule has 2 rings (SSSR count). The van der Waals surface area contributed by atoms with Gasteiger partial charge in [0.2, 0.25) is 10.0 Å². The predicted octanol–water partition coefficient (Wildman–Crippen LogP) is 2.30. The van der Waals surface area contributed by atoms with E-state index in [-0.39, 0.29) is 6.61 Å². The summed E-state index contributed by atoms with van der Waals surface area (Å²) in [5, 5.41) is 9.30. The topological polar surface area (TPSA) is 57.6 Å². The first kappa shape index (κ1) is 15.5. The van der Waals surface area contributed by atoms with Crippen LogP contribution in [0.1, 0.15) is 37.3 Å². The van der Waals surface area contributed by atoms with Crippen molar-refractivity contribution in [1.82, 2.24) is 4.31 Å². The number of aliphatic hydroxyl groups is 1. The van der Waals surface area contributed by atoms with E-state index in [2.05, 4.69) is 0 Å². The van der Waals surface area contributed by atoms with E-state index in [0.29, 0.717) is 29.5 Å². The normalized spacial score (nSPS) is 15.8. The molecule has 5 heteroatoms. The monoisotopic (exact) mass is 297 g/mol. The molecule has 4 nitrogen and oxygen atoms in total. The van der Waals surface area contributed by atoms with Gasteiger partial charge in [-0.05, 0) is 55.4 Å². The van der Waals surface area contributed by atoms with Crippen molar-refractivity contribution in [1.29, 1.82) is 0 Å². The number of benzene rings is 1. The van der Waals surface area contributed by atoms with Crippen molar-refractivity contribution in [3.05, 3.63) is 29.3 Å². The van der Waals surface area contributed by atoms with Gasteiger partial charge in [-0.15, -0.1) is 0 Å². The number of aryl methyl sites for hydroxylation is 1. The second kappa shape index (κ2) is 6.24. The number of hydrogen-bond donors (Lipinski definition) is 1. The van der Waals surface area contributed by atoms with E-state index in [0.717, 1.165) is 24.8 Å². The Kier molecular flexibility index (Phi) is 4.83. The van der Waals surface area contributed by atoms with Crippen LogP contribution in [0.15, 0.2) is 23.1 Å². The fourth-order valence-electron chi connectivity index (χ4n) is 2.28. The quantitative estimate of drug-likeness (QED) is 0.840. The third-order valence-electron chi connectivity index (χ3n) is 3.76. The van der Waals surface area contributed by atoms with Crippen molar-refractivity contribution in [3.63, 3.8) is 0 Å². The van der Waals surface area contributed by atoms with Crippen molar-refractivity contribution >= 4 is 10.0 Å². The van der Waals surface area contributed by atoms with Gasteiger partial charge in [0.1, 0.15) is 0 Å². The fourth-order valence-corrected chi connectivity index (χ4v) is 3.93. The first-order chi connectivity index (χ1) is 9.48. The summed E-state index contributed by atoms with van der Waals surface area (Å²) >= 11 is 0. The zero-order valence-electron chi connectivity index (χ0n) is 12.2. The summed E-state index contributed by atoms with van der Waals surface area (Å²) in [6.07, 6.45) is 3.07. The van der Waals surface area contributed by atoms with Gasteiger partial charge < -0.3 is 5.11 Å². The van der Waals surface area contributed by atoms with Gasteiger partial charge >= 0.3 is 0 Å². The van der Waals surface area contributed by atoms with Gasteiger partial charge in [-0.1, -0.05) is 13.0 Å². The second-order valence-corrected chi connectivity index (χ2v) is 7.49. The van der Waals surface area contributed by atoms with Crippen LogP contribution in [0.4, 0.5) is 0 Å². The highest BCUT2D eigenvalue weighted by molar-refractivity contribution is 7.89. The molecule has 1 fully saturated rings. The molecule has 0 saturated heterocycles. The first-order valence-electron chi connectivity index (χ1n) is 7.19. The molecule has 0 aromatic heterocycles. The SMILES string of the molecule is CCCN(CC1CC1)S(=O)(=O)c1ccc(C)c(CO)c1. The van der Waals surface area contributed by atoms with E-state index >= 15 is 0 Å². The zero-order chi connectivity index (χ0) is 14.8. The third kappa shape index (κ3) is 3.40. The predicted molar refractivity (Wildman–Crippen MR) is 78.9 cm³/mol. The van der Waals surface area contributed by atoms with Crippen LogP contribution in [-0.2, 0) is 16.6 Å². The maximum atomic E-state index is 12.7. The van der Waals surface area contributed by atoms with Gasteiger partial charge in [-0.3, -0.25) is 0 Å². The molecule has 1 aromatic rings. The van der Waals surface area contributed by atoms with Gasteiger partial charge in [0.05, 0.1) is 11.5 Å². The second-order valence-electron chi connectivity index (χ2n) is 5.55. The molecule has 0 spiro atoms. The molecular weight excluding hydrogens is 274 g/mol. The highest BCUT2D eigenvalue weighted by Gasteiger charge is 2.31. The molecule has 1 aliphatic rings. The number of hydrogen-bond acceptors (Lipinski definition) is 3. The average Bonchev–Trinajstić information content (AvgIpc) is 3.22. The Morgan fingerprint density at radius 3 is 2.60 bits per heavy atom. The summed E-state index contributed by atoms with van der Waals surface area (Å²) in [6, 6.07) is 5.00. The van der Waals surface area contributed by atoms with Gasteiger partial charge in [-0.2, -0.15) is 4.31 Å². The van der Waals surface area contributed by atoms with Gasteiger partial charge in [0.25, 0.3) is 0 Å². The van der Waals surface area contributed by atoms with E-state index in [1.54, 1.807) is 22.5 Å². The van der Waals surface area contributed by atoms with Crippen LogP contribution in [0.25, 0.3) is 0 Å². The van der Waals surface area contributed by atoms with E-state index in [1.165, 1.54) is 0 Å². The molecule has 0 aliphatic heterocycles. The molecule has 0 bridgehead atoms. The van der Waals surface area contributed by atoms with Crippen LogP contribution in [0.3, 0.4) is 0 Å². The molecule has 0 amide bonds. The highest BCUT2D eigenvalue weighted by atomic mass is 32.2. The lowest BCUT2D eigenvalue weighted by Crippen LogP contribution is -2.33. The first-order valence-corrected chi connectivity index (χ1v) is 8.63. The molecule has 112 valence electrons. The number of aliphatic hydroxyl groups excluding tert-OH is 1. The molecule has 1 N–H and O–H groups in total. The van der Waals surface area contributed by atoms with Crippen molar-refractivity contribution < 1.29 is 13.5 Å². The molecule has 0 atom stereocenters. The van der Waals surface area contributed by atoms with E-state index in [4.69, 9.17) is 0 Å². The minimum Gasteiger partial charge on any atom is -0.392 e. The summed E-state index contributed by atoms with van der Waals surface area (Å²) < 4.78 is 27.0. The largest absolute Gasteiger partial charge is 0.392 e. The van der Waals surface area contributed by atoms with Crippen molar-refractivity contribution in [3.8, 4) is 0 Å². The van der Waals surface area contributed by atoms with Crippen LogP contribution >= 0.6 is 0 Å². The summed E-state index contributed by atoms with van der Waals surface area (Å²) in [7, 11) is -3.45. The van der Waals surface area contributed by atoms with Crippen molar-refractivity contribution in [2.24, 2.45) is 5.92 Å². The Hall–Kier alpha value is -0.910. The summed E-state index contributed by atoms with van der Waals surface area (Å²) in [4.78, 5) is 0.293. The zero-order valence-corrected chi connectivity index (χ0v) is 13.0.